The number of hydrogen-bond acceptors (Lipinski definition) is 6. The average molecular weight is 435 g/mol. The second-order valence-corrected chi connectivity index (χ2v) is 8.09. The van der Waals surface area contributed by atoms with Crippen LogP contribution >= 0.6 is 0 Å². The Morgan fingerprint density at radius 1 is 1.07 bits per heavy atom. The number of nitrogens with zero attached hydrogens (tertiary/aromatic N) is 3. The molecule has 158 valence electrons. The second-order valence-electron chi connectivity index (χ2n) is 6.28. The van der Waals surface area contributed by atoms with Gasteiger partial charge in [0.1, 0.15) is 23.1 Å². The van der Waals surface area contributed by atoms with Crippen molar-refractivity contribution in [2.45, 2.75) is 18.5 Å². The van der Waals surface area contributed by atoms with Crippen molar-refractivity contribution in [3.8, 4) is 11.5 Å². The van der Waals surface area contributed by atoms with Gasteiger partial charge in [0, 0.05) is 11.6 Å². The Labute approximate surface area is 173 Å². The number of sulfonamides is 1. The number of rotatable bonds is 7. The van der Waals surface area contributed by atoms with Crippen molar-refractivity contribution in [2.75, 3.05) is 18.5 Å². The van der Waals surface area contributed by atoms with Gasteiger partial charge in [-0.25, -0.2) is 18.7 Å². The van der Waals surface area contributed by atoms with Gasteiger partial charge in [0.05, 0.1) is 27.0 Å². The minimum Gasteiger partial charge on any atom is -0.497 e. The highest BCUT2D eigenvalue weighted by atomic mass is 32.2. The monoisotopic (exact) mass is 435 g/mol. The molecule has 0 amide bonds. The lowest BCUT2D eigenvalue weighted by Gasteiger charge is -2.24. The van der Waals surface area contributed by atoms with Crippen molar-refractivity contribution in [3.63, 3.8) is 0 Å². The maximum absolute atomic E-state index is 13.8. The Balaban J connectivity index is 2.13. The van der Waals surface area contributed by atoms with Crippen molar-refractivity contribution >= 4 is 15.8 Å². The third-order valence-electron chi connectivity index (χ3n) is 4.34. The number of hydrogen-bond donors (Lipinski definition) is 0. The summed E-state index contributed by atoms with van der Waals surface area (Å²) in [5.41, 5.74) is 0.588. The van der Waals surface area contributed by atoms with Crippen molar-refractivity contribution in [2.24, 2.45) is 0 Å². The van der Waals surface area contributed by atoms with Gasteiger partial charge in [-0.3, -0.25) is 0 Å². The summed E-state index contributed by atoms with van der Waals surface area (Å²) in [4.78, 5) is 7.42. The van der Waals surface area contributed by atoms with Crippen LogP contribution in [0.4, 0.5) is 14.6 Å². The molecular formula is C20H19F2N3O4S. The van der Waals surface area contributed by atoms with Gasteiger partial charge < -0.3 is 9.47 Å². The summed E-state index contributed by atoms with van der Waals surface area (Å²) >= 11 is 0. The van der Waals surface area contributed by atoms with E-state index in [0.29, 0.717) is 17.1 Å². The van der Waals surface area contributed by atoms with Crippen LogP contribution in [0.3, 0.4) is 0 Å². The van der Waals surface area contributed by atoms with E-state index in [1.165, 1.54) is 33.3 Å². The molecule has 0 aliphatic carbocycles. The van der Waals surface area contributed by atoms with E-state index in [0.717, 1.165) is 22.6 Å². The first kappa shape index (κ1) is 21.4. The molecule has 0 N–H and O–H groups in total. The first-order chi connectivity index (χ1) is 14.3. The summed E-state index contributed by atoms with van der Waals surface area (Å²) in [7, 11) is -1.39. The molecule has 0 atom stereocenters. The molecule has 0 bridgehead atoms. The van der Waals surface area contributed by atoms with Gasteiger partial charge in [0.15, 0.2) is 5.03 Å². The number of ether oxygens (including phenoxy) is 2. The Hall–Kier alpha value is -3.27. The molecule has 3 aromatic rings. The molecule has 7 nitrogen and oxygen atoms in total. The number of anilines is 1. The van der Waals surface area contributed by atoms with E-state index in [9.17, 15) is 17.2 Å². The summed E-state index contributed by atoms with van der Waals surface area (Å²) in [6.07, 6.45) is 0.827. The molecule has 0 fully saturated rings. The predicted molar refractivity (Wildman–Crippen MR) is 106 cm³/mol. The highest BCUT2D eigenvalue weighted by Crippen LogP contribution is 2.30. The third-order valence-corrected chi connectivity index (χ3v) is 5.99. The van der Waals surface area contributed by atoms with Gasteiger partial charge in [-0.2, -0.15) is 12.8 Å². The van der Waals surface area contributed by atoms with Crippen LogP contribution in [0, 0.1) is 18.7 Å². The number of benzene rings is 1. The normalized spacial score (nSPS) is 11.2. The van der Waals surface area contributed by atoms with Crippen LogP contribution in [-0.4, -0.2) is 32.6 Å². The van der Waals surface area contributed by atoms with Crippen molar-refractivity contribution in [3.05, 3.63) is 71.6 Å². The molecule has 0 saturated carbocycles. The molecule has 10 heteroatoms. The van der Waals surface area contributed by atoms with E-state index in [1.54, 1.807) is 18.2 Å². The lowest BCUT2D eigenvalue weighted by Crippen LogP contribution is -2.32. The Kier molecular flexibility index (Phi) is 6.16. The number of aromatic nitrogens is 2. The quantitative estimate of drug-likeness (QED) is 0.529. The molecule has 0 saturated heterocycles. The topological polar surface area (TPSA) is 81.6 Å². The summed E-state index contributed by atoms with van der Waals surface area (Å²) in [5, 5.41) is -0.389. The van der Waals surface area contributed by atoms with Crippen LogP contribution in [-0.2, 0) is 16.6 Å². The molecule has 2 aromatic heterocycles. The van der Waals surface area contributed by atoms with Crippen LogP contribution in [0.5, 0.6) is 11.5 Å². The van der Waals surface area contributed by atoms with Crippen molar-refractivity contribution in [1.29, 1.82) is 0 Å². The molecule has 1 aromatic carbocycles. The SMILES string of the molecule is COc1ccc(CN(c2cccc(F)n2)S(=O)(=O)c2cc(C)c(F)cn2)c(OC)c1. The molecule has 0 radical (unpaired) electrons. The highest BCUT2D eigenvalue weighted by Gasteiger charge is 2.29. The van der Waals surface area contributed by atoms with Gasteiger partial charge in [0.25, 0.3) is 10.0 Å². The molecular weight excluding hydrogens is 416 g/mol. The molecule has 2 heterocycles. The molecule has 0 aliphatic rings. The van der Waals surface area contributed by atoms with Crippen LogP contribution in [0.1, 0.15) is 11.1 Å². The standard InChI is InChI=1S/C20H19F2N3O4S/c1-13-9-20(23-11-16(13)21)30(26,27)25(19-6-4-5-18(22)24-19)12-14-7-8-15(28-2)10-17(14)29-3/h4-11H,12H2,1-3H3. The number of methoxy groups -OCH3 is 2. The fourth-order valence-electron chi connectivity index (χ4n) is 2.73. The van der Waals surface area contributed by atoms with E-state index in [1.807, 2.05) is 0 Å². The largest absolute Gasteiger partial charge is 0.497 e. The maximum atomic E-state index is 13.8. The van der Waals surface area contributed by atoms with E-state index in [2.05, 4.69) is 9.97 Å². The Morgan fingerprint density at radius 2 is 1.83 bits per heavy atom. The van der Waals surface area contributed by atoms with Crippen LogP contribution in [0.25, 0.3) is 0 Å². The molecule has 0 aliphatic heterocycles. The number of aryl methyl sites for hydroxylation is 1. The van der Waals surface area contributed by atoms with Crippen molar-refractivity contribution in [1.82, 2.24) is 9.97 Å². The second kappa shape index (κ2) is 8.62. The summed E-state index contributed by atoms with van der Waals surface area (Å²) in [6, 6.07) is 9.77. The lowest BCUT2D eigenvalue weighted by molar-refractivity contribution is 0.391. The van der Waals surface area contributed by atoms with Crippen LogP contribution in [0.2, 0.25) is 0 Å². The Morgan fingerprint density at radius 3 is 2.47 bits per heavy atom. The summed E-state index contributed by atoms with van der Waals surface area (Å²) < 4.78 is 65.5. The van der Waals surface area contributed by atoms with E-state index in [4.69, 9.17) is 9.47 Å². The van der Waals surface area contributed by atoms with E-state index < -0.39 is 21.8 Å². The zero-order valence-corrected chi connectivity index (χ0v) is 17.3. The van der Waals surface area contributed by atoms with E-state index >= 15 is 0 Å². The summed E-state index contributed by atoms with van der Waals surface area (Å²) in [6.45, 7) is 1.19. The zero-order chi connectivity index (χ0) is 21.9. The molecule has 0 spiro atoms. The van der Waals surface area contributed by atoms with E-state index in [-0.39, 0.29) is 23.0 Å². The van der Waals surface area contributed by atoms with Gasteiger partial charge in [-0.15, -0.1) is 0 Å². The zero-order valence-electron chi connectivity index (χ0n) is 16.5. The first-order valence-electron chi connectivity index (χ1n) is 8.74. The fourth-order valence-corrected chi connectivity index (χ4v) is 4.12. The van der Waals surface area contributed by atoms with Crippen LogP contribution in [0.15, 0.2) is 53.7 Å². The lowest BCUT2D eigenvalue weighted by atomic mass is 10.2. The maximum Gasteiger partial charge on any atom is 0.283 e. The highest BCUT2D eigenvalue weighted by molar-refractivity contribution is 7.92. The summed E-state index contributed by atoms with van der Waals surface area (Å²) in [5.74, 6) is -0.755. The van der Waals surface area contributed by atoms with Gasteiger partial charge in [-0.1, -0.05) is 6.07 Å². The van der Waals surface area contributed by atoms with Crippen LogP contribution < -0.4 is 13.8 Å². The fraction of sp³-hybridized carbons (Fsp3) is 0.200. The number of pyridine rings is 2. The molecule has 0 unspecified atom stereocenters. The van der Waals surface area contributed by atoms with Crippen molar-refractivity contribution < 1.29 is 26.7 Å². The Bertz CT molecular complexity index is 1170. The number of halogens is 2. The smallest absolute Gasteiger partial charge is 0.283 e. The minimum absolute atomic E-state index is 0.109. The first-order valence-corrected chi connectivity index (χ1v) is 10.2. The minimum atomic E-state index is -4.31. The average Bonchev–Trinajstić information content (AvgIpc) is 2.73. The molecule has 30 heavy (non-hydrogen) atoms. The van der Waals surface area contributed by atoms with Gasteiger partial charge in [0.2, 0.25) is 5.95 Å². The molecule has 3 rings (SSSR count). The third kappa shape index (κ3) is 4.33. The van der Waals surface area contributed by atoms with Gasteiger partial charge in [-0.05, 0) is 42.8 Å². The predicted octanol–water partition coefficient (Wildman–Crippen LogP) is 3.48. The van der Waals surface area contributed by atoms with Gasteiger partial charge >= 0.3 is 0 Å².